The van der Waals surface area contributed by atoms with E-state index in [1.807, 2.05) is 6.92 Å². The highest BCUT2D eigenvalue weighted by Gasteiger charge is 2.15. The van der Waals surface area contributed by atoms with Crippen molar-refractivity contribution in [1.82, 2.24) is 10.2 Å². The third kappa shape index (κ3) is 2.92. The Labute approximate surface area is 142 Å². The highest BCUT2D eigenvalue weighted by molar-refractivity contribution is 6.30. The zero-order chi connectivity index (χ0) is 17.3. The van der Waals surface area contributed by atoms with Crippen LogP contribution < -0.4 is 0 Å². The van der Waals surface area contributed by atoms with E-state index >= 15 is 0 Å². The first kappa shape index (κ1) is 15.9. The topological polar surface area (TPSA) is 50.1 Å². The van der Waals surface area contributed by atoms with E-state index in [-0.39, 0.29) is 11.3 Å². The molecule has 0 amide bonds. The lowest BCUT2D eigenvalue weighted by Gasteiger charge is -2.02. The monoisotopic (exact) mass is 339 g/mol. The van der Waals surface area contributed by atoms with Gasteiger partial charge in [-0.3, -0.25) is 5.10 Å². The number of benzene rings is 2. The van der Waals surface area contributed by atoms with Gasteiger partial charge in [0.2, 0.25) is 5.70 Å². The minimum atomic E-state index is -0.543. The number of carbonyl (C=O) groups excluding carboxylic acids is 1. The summed E-state index contributed by atoms with van der Waals surface area (Å²) in [6.07, 6.45) is 1.26. The number of halogens is 2. The number of ketones is 1. The Bertz CT molecular complexity index is 1010. The summed E-state index contributed by atoms with van der Waals surface area (Å²) in [6, 6.07) is 9.05. The van der Waals surface area contributed by atoms with Gasteiger partial charge in [0, 0.05) is 33.3 Å². The highest BCUT2D eigenvalue weighted by atomic mass is 35.5. The molecule has 0 aliphatic rings. The smallest absolute Gasteiger partial charge is 0.234 e. The summed E-state index contributed by atoms with van der Waals surface area (Å²) in [5.41, 5.74) is 1.60. The molecule has 0 radical (unpaired) electrons. The van der Waals surface area contributed by atoms with Crippen molar-refractivity contribution in [2.45, 2.75) is 6.92 Å². The van der Waals surface area contributed by atoms with Crippen LogP contribution in [0.15, 0.2) is 42.1 Å². The number of nitrogens with one attached hydrogen (secondary N) is 1. The summed E-state index contributed by atoms with van der Waals surface area (Å²) >= 11 is 5.80. The fourth-order valence-electron chi connectivity index (χ4n) is 2.33. The van der Waals surface area contributed by atoms with Gasteiger partial charge in [0.25, 0.3) is 0 Å². The molecule has 0 unspecified atom stereocenters. The summed E-state index contributed by atoms with van der Waals surface area (Å²) in [6.45, 7) is 9.06. The molecule has 0 saturated carbocycles. The van der Waals surface area contributed by atoms with Gasteiger partial charge in [0.05, 0.1) is 12.1 Å². The molecule has 0 atom stereocenters. The Morgan fingerprint density at radius 1 is 1.33 bits per heavy atom. The molecule has 0 aliphatic heterocycles. The first-order valence-corrected chi connectivity index (χ1v) is 7.41. The van der Waals surface area contributed by atoms with Crippen molar-refractivity contribution < 1.29 is 9.18 Å². The second-order valence-electron chi connectivity index (χ2n) is 5.22. The van der Waals surface area contributed by atoms with E-state index in [9.17, 15) is 9.18 Å². The Balaban J connectivity index is 2.06. The molecule has 6 heteroatoms. The summed E-state index contributed by atoms with van der Waals surface area (Å²) in [5.74, 6) is -1.02. The number of aryl methyl sites for hydroxylation is 1. The Kier molecular flexibility index (Phi) is 4.15. The quantitative estimate of drug-likeness (QED) is 0.423. The van der Waals surface area contributed by atoms with Gasteiger partial charge in [0.1, 0.15) is 5.82 Å². The molecule has 0 spiro atoms. The number of carbonyl (C=O) groups is 1. The van der Waals surface area contributed by atoms with Gasteiger partial charge in [0.15, 0.2) is 5.78 Å². The van der Waals surface area contributed by atoms with Gasteiger partial charge in [-0.05, 0) is 31.2 Å². The molecule has 1 N–H and O–H groups in total. The van der Waals surface area contributed by atoms with E-state index < -0.39 is 11.6 Å². The van der Waals surface area contributed by atoms with Crippen LogP contribution in [-0.4, -0.2) is 16.0 Å². The fraction of sp³-hybridized carbons (Fsp3) is 0.0556. The van der Waals surface area contributed by atoms with Gasteiger partial charge in [-0.1, -0.05) is 23.7 Å². The Morgan fingerprint density at radius 3 is 2.71 bits per heavy atom. The highest BCUT2D eigenvalue weighted by Crippen LogP contribution is 2.23. The standard InChI is InChI=1S/C18H11ClFN3O/c1-10-14-7-12(15(20)9-16(14)23-22-10)8-17(21-2)18(24)11-3-5-13(19)6-4-11/h3-9H,1H3,(H,22,23)/b17-8-. The number of rotatable bonds is 3. The minimum Gasteiger partial charge on any atom is -0.302 e. The van der Waals surface area contributed by atoms with Gasteiger partial charge >= 0.3 is 0 Å². The largest absolute Gasteiger partial charge is 0.302 e. The van der Waals surface area contributed by atoms with Crippen LogP contribution in [-0.2, 0) is 0 Å². The van der Waals surface area contributed by atoms with Crippen LogP contribution in [0.5, 0.6) is 0 Å². The van der Waals surface area contributed by atoms with Crippen molar-refractivity contribution in [3.8, 4) is 0 Å². The maximum atomic E-state index is 14.2. The molecule has 0 aliphatic carbocycles. The van der Waals surface area contributed by atoms with E-state index in [1.54, 1.807) is 18.2 Å². The maximum absolute atomic E-state index is 14.2. The van der Waals surface area contributed by atoms with Crippen LogP contribution in [0.1, 0.15) is 21.6 Å². The third-order valence-electron chi connectivity index (χ3n) is 3.61. The van der Waals surface area contributed by atoms with E-state index in [1.165, 1.54) is 24.3 Å². The molecular formula is C18H11ClFN3O. The van der Waals surface area contributed by atoms with Crippen molar-refractivity contribution in [2.24, 2.45) is 0 Å². The molecule has 0 bridgehead atoms. The summed E-state index contributed by atoms with van der Waals surface area (Å²) < 4.78 is 14.2. The molecule has 3 rings (SSSR count). The lowest BCUT2D eigenvalue weighted by Crippen LogP contribution is -2.00. The van der Waals surface area contributed by atoms with Gasteiger partial charge in [-0.15, -0.1) is 0 Å². The summed E-state index contributed by atoms with van der Waals surface area (Å²) in [4.78, 5) is 15.7. The second kappa shape index (κ2) is 6.26. The van der Waals surface area contributed by atoms with E-state index in [0.717, 1.165) is 11.1 Å². The summed E-state index contributed by atoms with van der Waals surface area (Å²) in [7, 11) is 0. The fourth-order valence-corrected chi connectivity index (χ4v) is 2.46. The predicted molar refractivity (Wildman–Crippen MR) is 91.2 cm³/mol. The van der Waals surface area contributed by atoms with Crippen molar-refractivity contribution >= 4 is 34.4 Å². The number of H-pyrrole nitrogens is 1. The SMILES string of the molecule is [C-]#[N+]/C(=C\c1cc2c(C)[nH]nc2cc1F)C(=O)c1ccc(Cl)cc1. The number of allylic oxidation sites excluding steroid dienone is 1. The Hall–Kier alpha value is -2.97. The first-order valence-electron chi connectivity index (χ1n) is 7.03. The number of fused-ring (bicyclic) bond motifs is 1. The zero-order valence-corrected chi connectivity index (χ0v) is 13.4. The molecule has 0 fully saturated rings. The molecule has 24 heavy (non-hydrogen) atoms. The van der Waals surface area contributed by atoms with Crippen LogP contribution in [0.3, 0.4) is 0 Å². The molecule has 0 saturated heterocycles. The van der Waals surface area contributed by atoms with Crippen molar-refractivity contribution in [3.63, 3.8) is 0 Å². The number of aromatic amines is 1. The normalized spacial score (nSPS) is 11.5. The van der Waals surface area contributed by atoms with Crippen molar-refractivity contribution in [3.05, 3.63) is 81.2 Å². The van der Waals surface area contributed by atoms with Gasteiger partial charge < -0.3 is 4.79 Å². The first-order chi connectivity index (χ1) is 11.5. The third-order valence-corrected chi connectivity index (χ3v) is 3.87. The van der Waals surface area contributed by atoms with Gasteiger partial charge in [-0.25, -0.2) is 9.24 Å². The predicted octanol–water partition coefficient (Wildman–Crippen LogP) is 4.81. The number of hydrogen-bond donors (Lipinski definition) is 1. The van der Waals surface area contributed by atoms with Crippen molar-refractivity contribution in [1.29, 1.82) is 0 Å². The number of hydrogen-bond acceptors (Lipinski definition) is 2. The molecule has 1 aromatic heterocycles. The van der Waals surface area contributed by atoms with E-state index in [2.05, 4.69) is 15.0 Å². The summed E-state index contributed by atoms with van der Waals surface area (Å²) in [5, 5.41) is 7.99. The number of aromatic nitrogens is 2. The van der Waals surface area contributed by atoms with Crippen molar-refractivity contribution in [2.75, 3.05) is 0 Å². The van der Waals surface area contributed by atoms with Crippen LogP contribution in [0, 0.1) is 19.3 Å². The molecule has 1 heterocycles. The van der Waals surface area contributed by atoms with Crippen LogP contribution >= 0.6 is 11.6 Å². The number of Topliss-reactive ketones (excluding diaryl/α,β-unsaturated/α-hetero) is 1. The maximum Gasteiger partial charge on any atom is 0.234 e. The van der Waals surface area contributed by atoms with Gasteiger partial charge in [-0.2, -0.15) is 5.10 Å². The van der Waals surface area contributed by atoms with E-state index in [4.69, 9.17) is 18.2 Å². The average Bonchev–Trinajstić information content (AvgIpc) is 2.93. The lowest BCUT2D eigenvalue weighted by atomic mass is 10.0. The Morgan fingerprint density at radius 2 is 2.04 bits per heavy atom. The molecule has 4 nitrogen and oxygen atoms in total. The molecule has 2 aromatic carbocycles. The molecule has 3 aromatic rings. The van der Waals surface area contributed by atoms with Crippen LogP contribution in [0.25, 0.3) is 21.8 Å². The lowest BCUT2D eigenvalue weighted by molar-refractivity contribution is 0.103. The minimum absolute atomic E-state index is 0.167. The van der Waals surface area contributed by atoms with Crippen LogP contribution in [0.2, 0.25) is 5.02 Å². The number of nitrogens with zero attached hydrogens (tertiary/aromatic N) is 2. The average molecular weight is 340 g/mol. The van der Waals surface area contributed by atoms with E-state index in [0.29, 0.717) is 16.1 Å². The zero-order valence-electron chi connectivity index (χ0n) is 12.6. The molecular weight excluding hydrogens is 329 g/mol. The molecule has 118 valence electrons. The van der Waals surface area contributed by atoms with Crippen LogP contribution in [0.4, 0.5) is 4.39 Å². The second-order valence-corrected chi connectivity index (χ2v) is 5.65.